The molecule has 3 aromatic rings. The largest absolute Gasteiger partial charge is 0.457 e. The zero-order valence-electron chi connectivity index (χ0n) is 15.4. The van der Waals surface area contributed by atoms with E-state index in [1.54, 1.807) is 18.2 Å². The summed E-state index contributed by atoms with van der Waals surface area (Å²) in [6.45, 7) is 3.93. The van der Waals surface area contributed by atoms with E-state index in [4.69, 9.17) is 16.3 Å². The van der Waals surface area contributed by atoms with Crippen molar-refractivity contribution in [2.75, 3.05) is 0 Å². The van der Waals surface area contributed by atoms with Gasteiger partial charge in [-0.3, -0.25) is 0 Å². The summed E-state index contributed by atoms with van der Waals surface area (Å²) < 4.78 is 21.1. The molecule has 0 bridgehead atoms. The quantitative estimate of drug-likeness (QED) is 0.424. The smallest absolute Gasteiger partial charge is 0.127 e. The first kappa shape index (κ1) is 19.2. The van der Waals surface area contributed by atoms with Gasteiger partial charge in [0.05, 0.1) is 5.92 Å². The van der Waals surface area contributed by atoms with Crippen LogP contribution in [0.4, 0.5) is 4.39 Å². The molecule has 0 radical (unpaired) electrons. The molecule has 1 unspecified atom stereocenters. The third kappa shape index (κ3) is 5.21. The minimum absolute atomic E-state index is 0.114. The van der Waals surface area contributed by atoms with E-state index >= 15 is 4.39 Å². The van der Waals surface area contributed by atoms with Crippen LogP contribution in [0.5, 0.6) is 11.5 Å². The molecule has 0 aromatic heterocycles. The Labute approximate surface area is 165 Å². The molecule has 138 valence electrons. The summed E-state index contributed by atoms with van der Waals surface area (Å²) >= 11 is 6.01. The number of benzene rings is 3. The van der Waals surface area contributed by atoms with E-state index in [0.29, 0.717) is 10.8 Å². The van der Waals surface area contributed by atoms with E-state index in [1.165, 1.54) is 0 Å². The average Bonchev–Trinajstić information content (AvgIpc) is 2.64. The van der Waals surface area contributed by atoms with Crippen molar-refractivity contribution in [2.24, 2.45) is 5.92 Å². The molecule has 27 heavy (non-hydrogen) atoms. The van der Waals surface area contributed by atoms with Crippen LogP contribution in [-0.2, 0) is 0 Å². The Balaban J connectivity index is 1.99. The van der Waals surface area contributed by atoms with Crippen molar-refractivity contribution < 1.29 is 9.13 Å². The van der Waals surface area contributed by atoms with Crippen molar-refractivity contribution in [1.82, 2.24) is 0 Å². The van der Waals surface area contributed by atoms with E-state index < -0.39 is 5.92 Å². The first-order valence-electron chi connectivity index (χ1n) is 8.98. The Morgan fingerprint density at radius 3 is 2.19 bits per heavy atom. The van der Waals surface area contributed by atoms with Gasteiger partial charge in [-0.15, -0.1) is 0 Å². The molecule has 3 rings (SSSR count). The average molecular weight is 381 g/mol. The predicted octanol–water partition coefficient (Wildman–Crippen LogP) is 7.77. The molecule has 3 aromatic carbocycles. The zero-order chi connectivity index (χ0) is 19.2. The van der Waals surface area contributed by atoms with E-state index in [0.717, 1.165) is 16.9 Å². The van der Waals surface area contributed by atoms with Crippen molar-refractivity contribution in [1.29, 1.82) is 0 Å². The van der Waals surface area contributed by atoms with Crippen LogP contribution in [0.2, 0.25) is 5.02 Å². The van der Waals surface area contributed by atoms with Crippen LogP contribution < -0.4 is 4.74 Å². The summed E-state index contributed by atoms with van der Waals surface area (Å²) in [5.41, 5.74) is 1.69. The molecule has 0 amide bonds. The van der Waals surface area contributed by atoms with Gasteiger partial charge >= 0.3 is 0 Å². The van der Waals surface area contributed by atoms with Gasteiger partial charge in [-0.25, -0.2) is 4.39 Å². The number of allylic oxidation sites excluding steroid dienone is 2. The molecule has 0 aliphatic heterocycles. The van der Waals surface area contributed by atoms with Crippen molar-refractivity contribution in [2.45, 2.75) is 19.8 Å². The van der Waals surface area contributed by atoms with Crippen LogP contribution >= 0.6 is 11.6 Å². The Morgan fingerprint density at radius 2 is 1.52 bits per heavy atom. The van der Waals surface area contributed by atoms with Gasteiger partial charge in [0.1, 0.15) is 17.3 Å². The number of para-hydroxylation sites is 1. The lowest BCUT2D eigenvalue weighted by Gasteiger charge is -2.18. The highest BCUT2D eigenvalue weighted by Crippen LogP contribution is 2.36. The zero-order valence-corrected chi connectivity index (χ0v) is 16.2. The maximum atomic E-state index is 15.1. The fourth-order valence-electron chi connectivity index (χ4n) is 2.96. The highest BCUT2D eigenvalue weighted by Gasteiger charge is 2.20. The molecular weight excluding hydrogens is 359 g/mol. The van der Waals surface area contributed by atoms with Gasteiger partial charge in [0.2, 0.25) is 0 Å². The highest BCUT2D eigenvalue weighted by atomic mass is 35.5. The lowest BCUT2D eigenvalue weighted by molar-refractivity contribution is 0.481. The highest BCUT2D eigenvalue weighted by molar-refractivity contribution is 6.30. The number of hydrogen-bond donors (Lipinski definition) is 0. The molecule has 0 saturated heterocycles. The predicted molar refractivity (Wildman–Crippen MR) is 110 cm³/mol. The second kappa shape index (κ2) is 8.88. The second-order valence-electron chi connectivity index (χ2n) is 6.77. The van der Waals surface area contributed by atoms with E-state index in [9.17, 15) is 0 Å². The third-order valence-electron chi connectivity index (χ3n) is 4.14. The molecule has 1 atom stereocenters. The standard InChI is InChI=1S/C24H22ClFO/c1-17(2)15-23(26)24(18-11-13-20(25)14-12-18)19-7-6-10-22(16-19)27-21-8-4-3-5-9-21/h3-17,24H,1-2H3. The van der Waals surface area contributed by atoms with Crippen LogP contribution in [-0.4, -0.2) is 0 Å². The van der Waals surface area contributed by atoms with Gasteiger partial charge in [-0.1, -0.05) is 67.9 Å². The fraction of sp³-hybridized carbons (Fsp3) is 0.167. The summed E-state index contributed by atoms with van der Waals surface area (Å²) in [7, 11) is 0. The maximum Gasteiger partial charge on any atom is 0.127 e. The molecule has 1 nitrogen and oxygen atoms in total. The summed E-state index contributed by atoms with van der Waals surface area (Å²) in [5.74, 6) is 0.864. The third-order valence-corrected chi connectivity index (χ3v) is 4.39. The van der Waals surface area contributed by atoms with E-state index in [-0.39, 0.29) is 11.7 Å². The van der Waals surface area contributed by atoms with Gasteiger partial charge in [0.15, 0.2) is 0 Å². The normalized spacial score (nSPS) is 12.9. The van der Waals surface area contributed by atoms with Crippen LogP contribution in [0.15, 0.2) is 90.8 Å². The summed E-state index contributed by atoms with van der Waals surface area (Å²) in [4.78, 5) is 0. The Morgan fingerprint density at radius 1 is 0.852 bits per heavy atom. The molecule has 0 saturated carbocycles. The van der Waals surface area contributed by atoms with Crippen molar-refractivity contribution in [3.05, 3.63) is 107 Å². The summed E-state index contributed by atoms with van der Waals surface area (Å²) in [6.07, 6.45) is 1.66. The lowest BCUT2D eigenvalue weighted by atomic mass is 9.89. The first-order chi connectivity index (χ1) is 13.0. The molecule has 0 aliphatic rings. The topological polar surface area (TPSA) is 9.23 Å². The van der Waals surface area contributed by atoms with Gasteiger partial charge in [-0.2, -0.15) is 0 Å². The van der Waals surface area contributed by atoms with Crippen molar-refractivity contribution in [3.63, 3.8) is 0 Å². The Kier molecular flexibility index (Phi) is 6.31. The summed E-state index contributed by atoms with van der Waals surface area (Å²) in [5, 5.41) is 0.631. The van der Waals surface area contributed by atoms with Gasteiger partial charge in [0, 0.05) is 5.02 Å². The van der Waals surface area contributed by atoms with Gasteiger partial charge in [0.25, 0.3) is 0 Å². The minimum atomic E-state index is -0.496. The van der Waals surface area contributed by atoms with Crippen molar-refractivity contribution >= 4 is 11.6 Å². The molecule has 0 fully saturated rings. The molecular formula is C24H22ClFO. The van der Waals surface area contributed by atoms with Gasteiger partial charge < -0.3 is 4.74 Å². The number of halogens is 2. The SMILES string of the molecule is CC(C)C=C(F)C(c1ccc(Cl)cc1)c1cccc(Oc2ccccc2)c1. The first-order valence-corrected chi connectivity index (χ1v) is 9.36. The minimum Gasteiger partial charge on any atom is -0.457 e. The molecule has 3 heteroatoms. The van der Waals surface area contributed by atoms with Crippen molar-refractivity contribution in [3.8, 4) is 11.5 Å². The monoisotopic (exact) mass is 380 g/mol. The fourth-order valence-corrected chi connectivity index (χ4v) is 3.09. The molecule has 0 heterocycles. The van der Waals surface area contributed by atoms with E-state index in [1.807, 2.05) is 80.6 Å². The summed E-state index contributed by atoms with van der Waals surface area (Å²) in [6, 6.07) is 24.4. The molecule has 0 spiro atoms. The van der Waals surface area contributed by atoms with Gasteiger partial charge in [-0.05, 0) is 59.5 Å². The van der Waals surface area contributed by atoms with Crippen LogP contribution in [0.1, 0.15) is 30.9 Å². The number of ether oxygens (including phenoxy) is 1. The Hall–Kier alpha value is -2.58. The Bertz CT molecular complexity index is 901. The number of hydrogen-bond acceptors (Lipinski definition) is 1. The lowest BCUT2D eigenvalue weighted by Crippen LogP contribution is -2.03. The van der Waals surface area contributed by atoms with Crippen LogP contribution in [0, 0.1) is 5.92 Å². The molecule has 0 N–H and O–H groups in total. The maximum absolute atomic E-state index is 15.1. The second-order valence-corrected chi connectivity index (χ2v) is 7.20. The van der Waals surface area contributed by atoms with E-state index in [2.05, 4.69) is 0 Å². The number of rotatable bonds is 6. The van der Waals surface area contributed by atoms with Crippen LogP contribution in [0.25, 0.3) is 0 Å². The molecule has 0 aliphatic carbocycles. The van der Waals surface area contributed by atoms with Crippen LogP contribution in [0.3, 0.4) is 0 Å².